The van der Waals surface area contributed by atoms with Crippen LogP contribution in [0.5, 0.6) is 0 Å². The average molecular weight is 258 g/mol. The summed E-state index contributed by atoms with van der Waals surface area (Å²) in [4.78, 5) is 22.4. The summed E-state index contributed by atoms with van der Waals surface area (Å²) in [5, 5.41) is 5.71. The fraction of sp³-hybridized carbons (Fsp3) is 0.833. The zero-order chi connectivity index (χ0) is 13.6. The highest BCUT2D eigenvalue weighted by Gasteiger charge is 2.36. The van der Waals surface area contributed by atoms with Crippen LogP contribution in [0, 0.1) is 0 Å². The van der Waals surface area contributed by atoms with Gasteiger partial charge in [-0.2, -0.15) is 0 Å². The number of ether oxygens (including phenoxy) is 2. The molecule has 1 aliphatic carbocycles. The number of amides is 1. The monoisotopic (exact) mass is 258 g/mol. The third-order valence-corrected chi connectivity index (χ3v) is 3.36. The zero-order valence-electron chi connectivity index (χ0n) is 11.2. The molecule has 1 saturated carbocycles. The maximum Gasteiger partial charge on any atom is 0.329 e. The third-order valence-electron chi connectivity index (χ3n) is 3.36. The van der Waals surface area contributed by atoms with Gasteiger partial charge in [0, 0.05) is 27.1 Å². The lowest BCUT2D eigenvalue weighted by Gasteiger charge is -2.40. The molecule has 6 nitrogen and oxygen atoms in total. The van der Waals surface area contributed by atoms with Crippen molar-refractivity contribution in [1.82, 2.24) is 10.6 Å². The van der Waals surface area contributed by atoms with Crippen LogP contribution in [0.2, 0.25) is 0 Å². The summed E-state index contributed by atoms with van der Waals surface area (Å²) in [6, 6.07) is -0.651. The maximum atomic E-state index is 11.4. The van der Waals surface area contributed by atoms with Crippen molar-refractivity contribution >= 4 is 11.9 Å². The lowest BCUT2D eigenvalue weighted by molar-refractivity contribution is -0.144. The topological polar surface area (TPSA) is 76.7 Å². The normalized spacial score (nSPS) is 18.6. The van der Waals surface area contributed by atoms with Crippen molar-refractivity contribution in [2.24, 2.45) is 0 Å². The van der Waals surface area contributed by atoms with Crippen LogP contribution >= 0.6 is 0 Å². The Bertz CT molecular complexity index is 297. The molecule has 1 amide bonds. The van der Waals surface area contributed by atoms with E-state index >= 15 is 0 Å². The molecule has 104 valence electrons. The molecule has 0 aromatic carbocycles. The minimum absolute atomic E-state index is 0.100. The van der Waals surface area contributed by atoms with Gasteiger partial charge in [-0.15, -0.1) is 0 Å². The minimum Gasteiger partial charge on any atom is -0.467 e. The van der Waals surface area contributed by atoms with Crippen molar-refractivity contribution in [1.29, 1.82) is 0 Å². The number of carbonyl (C=O) groups is 2. The third kappa shape index (κ3) is 3.96. The van der Waals surface area contributed by atoms with Crippen LogP contribution in [0.15, 0.2) is 0 Å². The lowest BCUT2D eigenvalue weighted by atomic mass is 9.80. The van der Waals surface area contributed by atoms with Gasteiger partial charge in [-0.3, -0.25) is 4.79 Å². The summed E-state index contributed by atoms with van der Waals surface area (Å²) in [6.45, 7) is 2.40. The van der Waals surface area contributed by atoms with E-state index in [1.54, 1.807) is 7.11 Å². The van der Waals surface area contributed by atoms with E-state index in [2.05, 4.69) is 15.4 Å². The van der Waals surface area contributed by atoms with Crippen LogP contribution in [0.3, 0.4) is 0 Å². The molecular formula is C12H22N2O4. The molecule has 2 N–H and O–H groups in total. The van der Waals surface area contributed by atoms with Gasteiger partial charge in [0.2, 0.25) is 5.91 Å². The highest BCUT2D eigenvalue weighted by atomic mass is 16.5. The van der Waals surface area contributed by atoms with Crippen molar-refractivity contribution in [2.45, 2.75) is 37.8 Å². The largest absolute Gasteiger partial charge is 0.467 e. The van der Waals surface area contributed by atoms with Crippen LogP contribution in [-0.4, -0.2) is 50.8 Å². The Morgan fingerprint density at radius 3 is 2.39 bits per heavy atom. The molecule has 1 unspecified atom stereocenters. The summed E-state index contributed by atoms with van der Waals surface area (Å²) in [7, 11) is 3.01. The van der Waals surface area contributed by atoms with Crippen LogP contribution in [-0.2, 0) is 19.1 Å². The van der Waals surface area contributed by atoms with E-state index in [-0.39, 0.29) is 11.5 Å². The minimum atomic E-state index is -0.651. The van der Waals surface area contributed by atoms with Gasteiger partial charge < -0.3 is 20.1 Å². The van der Waals surface area contributed by atoms with Crippen molar-refractivity contribution in [2.75, 3.05) is 27.3 Å². The van der Waals surface area contributed by atoms with Gasteiger partial charge in [-0.1, -0.05) is 0 Å². The smallest absolute Gasteiger partial charge is 0.329 e. The number of carbonyl (C=O) groups excluding carboxylic acids is 2. The van der Waals surface area contributed by atoms with Crippen LogP contribution in [0.1, 0.15) is 26.2 Å². The summed E-state index contributed by atoms with van der Waals surface area (Å²) in [5.74, 6) is -0.699. The van der Waals surface area contributed by atoms with E-state index in [1.807, 2.05) is 0 Å². The van der Waals surface area contributed by atoms with Crippen molar-refractivity contribution < 1.29 is 19.1 Å². The SMILES string of the molecule is COC(=O)C(CNCC1(OC)CCC1)NC(C)=O. The zero-order valence-corrected chi connectivity index (χ0v) is 11.2. The highest BCUT2D eigenvalue weighted by molar-refractivity contribution is 5.83. The summed E-state index contributed by atoms with van der Waals surface area (Å²) < 4.78 is 10.1. The Kier molecular flexibility index (Phi) is 5.55. The Hall–Kier alpha value is -1.14. The number of methoxy groups -OCH3 is 2. The van der Waals surface area contributed by atoms with E-state index in [0.29, 0.717) is 13.1 Å². The first kappa shape index (κ1) is 14.9. The van der Waals surface area contributed by atoms with Gasteiger partial charge in [-0.25, -0.2) is 4.79 Å². The van der Waals surface area contributed by atoms with E-state index in [1.165, 1.54) is 20.5 Å². The quantitative estimate of drug-likeness (QED) is 0.620. The van der Waals surface area contributed by atoms with E-state index < -0.39 is 12.0 Å². The number of rotatable bonds is 7. The molecule has 0 aromatic rings. The molecule has 1 rings (SSSR count). The number of hydrogen-bond acceptors (Lipinski definition) is 5. The van der Waals surface area contributed by atoms with Gasteiger partial charge in [0.1, 0.15) is 6.04 Å². The predicted molar refractivity (Wildman–Crippen MR) is 66.1 cm³/mol. The molecule has 0 radical (unpaired) electrons. The van der Waals surface area contributed by atoms with Crippen LogP contribution in [0.25, 0.3) is 0 Å². The van der Waals surface area contributed by atoms with Crippen LogP contribution in [0.4, 0.5) is 0 Å². The fourth-order valence-electron chi connectivity index (χ4n) is 2.05. The molecule has 0 heterocycles. The van der Waals surface area contributed by atoms with Gasteiger partial charge in [-0.05, 0) is 19.3 Å². The van der Waals surface area contributed by atoms with Gasteiger partial charge in [0.15, 0.2) is 0 Å². The van der Waals surface area contributed by atoms with Gasteiger partial charge in [0.25, 0.3) is 0 Å². The second-order valence-electron chi connectivity index (χ2n) is 4.65. The molecule has 1 atom stereocenters. The first-order valence-corrected chi connectivity index (χ1v) is 6.14. The number of hydrogen-bond donors (Lipinski definition) is 2. The molecule has 1 aliphatic rings. The predicted octanol–water partition coefficient (Wildman–Crippen LogP) is -0.177. The Labute approximate surface area is 107 Å². The van der Waals surface area contributed by atoms with Crippen LogP contribution < -0.4 is 10.6 Å². The summed E-state index contributed by atoms with van der Waals surface area (Å²) in [5.41, 5.74) is -0.100. The molecule has 18 heavy (non-hydrogen) atoms. The van der Waals surface area contributed by atoms with E-state index in [9.17, 15) is 9.59 Å². The van der Waals surface area contributed by atoms with Crippen molar-refractivity contribution in [3.05, 3.63) is 0 Å². The maximum absolute atomic E-state index is 11.4. The molecular weight excluding hydrogens is 236 g/mol. The fourth-order valence-corrected chi connectivity index (χ4v) is 2.05. The first-order valence-electron chi connectivity index (χ1n) is 6.14. The molecule has 0 aromatic heterocycles. The summed E-state index contributed by atoms with van der Waals surface area (Å²) in [6.07, 6.45) is 3.22. The molecule has 0 bridgehead atoms. The molecule has 0 saturated heterocycles. The second-order valence-corrected chi connectivity index (χ2v) is 4.65. The van der Waals surface area contributed by atoms with Crippen molar-refractivity contribution in [3.8, 4) is 0 Å². The molecule has 0 aliphatic heterocycles. The first-order chi connectivity index (χ1) is 8.53. The van der Waals surface area contributed by atoms with Gasteiger partial charge >= 0.3 is 5.97 Å². The molecule has 0 spiro atoms. The van der Waals surface area contributed by atoms with E-state index in [0.717, 1.165) is 12.8 Å². The number of nitrogens with one attached hydrogen (secondary N) is 2. The van der Waals surface area contributed by atoms with E-state index in [4.69, 9.17) is 4.74 Å². The average Bonchev–Trinajstić information content (AvgIpc) is 2.29. The Balaban J connectivity index is 2.37. The summed E-state index contributed by atoms with van der Waals surface area (Å²) >= 11 is 0. The second kappa shape index (κ2) is 6.70. The van der Waals surface area contributed by atoms with Gasteiger partial charge in [0.05, 0.1) is 12.7 Å². The molecule has 6 heteroatoms. The Morgan fingerprint density at radius 1 is 1.33 bits per heavy atom. The number of esters is 1. The Morgan fingerprint density at radius 2 is 2.00 bits per heavy atom. The standard InChI is InChI=1S/C12H22N2O4/c1-9(15)14-10(11(16)17-2)7-13-8-12(18-3)5-4-6-12/h10,13H,4-8H2,1-3H3,(H,14,15). The van der Waals surface area contributed by atoms with Crippen molar-refractivity contribution in [3.63, 3.8) is 0 Å². The lowest BCUT2D eigenvalue weighted by Crippen LogP contribution is -2.53. The highest BCUT2D eigenvalue weighted by Crippen LogP contribution is 2.34. The molecule has 1 fully saturated rings.